The fourth-order valence-electron chi connectivity index (χ4n) is 1.38. The van der Waals surface area contributed by atoms with E-state index in [-0.39, 0.29) is 12.2 Å². The molecule has 2 atom stereocenters. The molecule has 0 spiro atoms. The van der Waals surface area contributed by atoms with Crippen molar-refractivity contribution in [3.8, 4) is 0 Å². The summed E-state index contributed by atoms with van der Waals surface area (Å²) >= 11 is 0. The van der Waals surface area contributed by atoms with Gasteiger partial charge in [-0.1, -0.05) is 13.2 Å². The van der Waals surface area contributed by atoms with E-state index in [9.17, 15) is 0 Å². The van der Waals surface area contributed by atoms with Gasteiger partial charge in [-0.3, -0.25) is 0 Å². The zero-order valence-corrected chi connectivity index (χ0v) is 7.78. The Morgan fingerprint density at radius 3 is 1.92 bits per heavy atom. The van der Waals surface area contributed by atoms with Gasteiger partial charge in [0.2, 0.25) is 0 Å². The van der Waals surface area contributed by atoms with Crippen LogP contribution >= 0.6 is 0 Å². The van der Waals surface area contributed by atoms with Gasteiger partial charge in [0.1, 0.15) is 13.2 Å². The number of rotatable bonds is 6. The van der Waals surface area contributed by atoms with Crippen molar-refractivity contribution in [2.24, 2.45) is 0 Å². The van der Waals surface area contributed by atoms with Crippen LogP contribution in [0.15, 0.2) is 25.7 Å². The predicted octanol–water partition coefficient (Wildman–Crippen LogP) is 1.85. The zero-order valence-electron chi connectivity index (χ0n) is 7.78. The van der Waals surface area contributed by atoms with E-state index in [4.69, 9.17) is 14.2 Å². The second-order valence-corrected chi connectivity index (χ2v) is 2.96. The Kier molecular flexibility index (Phi) is 4.40. The highest BCUT2D eigenvalue weighted by molar-refractivity contribution is 4.74. The summed E-state index contributed by atoms with van der Waals surface area (Å²) in [5.74, 6) is 0. The Bertz CT molecular complexity index is 150. The van der Waals surface area contributed by atoms with Crippen LogP contribution in [0.25, 0.3) is 0 Å². The molecule has 2 unspecified atom stereocenters. The fourth-order valence-corrected chi connectivity index (χ4v) is 1.38. The average molecular weight is 184 g/mol. The predicted molar refractivity (Wildman–Crippen MR) is 50.2 cm³/mol. The second-order valence-electron chi connectivity index (χ2n) is 2.96. The van der Waals surface area contributed by atoms with Crippen LogP contribution in [0.2, 0.25) is 0 Å². The summed E-state index contributed by atoms with van der Waals surface area (Å²) < 4.78 is 15.7. The van der Waals surface area contributed by atoms with E-state index < -0.39 is 0 Å². The molecule has 0 aromatic carbocycles. The summed E-state index contributed by atoms with van der Waals surface area (Å²) in [5, 5.41) is 0. The van der Waals surface area contributed by atoms with Crippen LogP contribution in [0.4, 0.5) is 0 Å². The van der Waals surface area contributed by atoms with Gasteiger partial charge in [-0.05, 0) is 12.8 Å². The molecule has 1 fully saturated rings. The first-order chi connectivity index (χ1) is 6.36. The van der Waals surface area contributed by atoms with Crippen LogP contribution in [-0.4, -0.2) is 25.4 Å². The standard InChI is InChI=1S/C10H16O3/c1-3-11-7-9-5-6-10(13-9)8-12-4-2/h3-4,9-10H,1-2,5-8H2. The Morgan fingerprint density at radius 1 is 1.08 bits per heavy atom. The molecule has 1 saturated heterocycles. The van der Waals surface area contributed by atoms with Gasteiger partial charge in [0.15, 0.2) is 0 Å². The van der Waals surface area contributed by atoms with Crippen molar-refractivity contribution in [2.75, 3.05) is 13.2 Å². The van der Waals surface area contributed by atoms with Crippen molar-refractivity contribution in [2.45, 2.75) is 25.0 Å². The van der Waals surface area contributed by atoms with Gasteiger partial charge in [-0.15, -0.1) is 0 Å². The summed E-state index contributed by atoms with van der Waals surface area (Å²) in [6.07, 6.45) is 5.32. The van der Waals surface area contributed by atoms with Gasteiger partial charge in [-0.2, -0.15) is 0 Å². The summed E-state index contributed by atoms with van der Waals surface area (Å²) in [6, 6.07) is 0. The van der Waals surface area contributed by atoms with Crippen LogP contribution < -0.4 is 0 Å². The highest BCUT2D eigenvalue weighted by Crippen LogP contribution is 2.20. The van der Waals surface area contributed by atoms with Crippen LogP contribution in [0.1, 0.15) is 12.8 Å². The minimum absolute atomic E-state index is 0.191. The minimum Gasteiger partial charge on any atom is -0.499 e. The van der Waals surface area contributed by atoms with Crippen LogP contribution in [-0.2, 0) is 14.2 Å². The SMILES string of the molecule is C=COCC1CCC(COC=C)O1. The third-order valence-corrected chi connectivity index (χ3v) is 2.00. The molecule has 0 aliphatic carbocycles. The average Bonchev–Trinajstić information content (AvgIpc) is 2.59. The van der Waals surface area contributed by atoms with E-state index in [2.05, 4.69) is 13.2 Å². The Balaban J connectivity index is 2.12. The first-order valence-corrected chi connectivity index (χ1v) is 4.47. The largest absolute Gasteiger partial charge is 0.499 e. The molecule has 1 heterocycles. The first kappa shape index (κ1) is 10.1. The lowest BCUT2D eigenvalue weighted by Gasteiger charge is -2.12. The normalized spacial score (nSPS) is 26.8. The van der Waals surface area contributed by atoms with Gasteiger partial charge < -0.3 is 14.2 Å². The maximum Gasteiger partial charge on any atom is 0.113 e. The van der Waals surface area contributed by atoms with Crippen LogP contribution in [0.3, 0.4) is 0 Å². The lowest BCUT2D eigenvalue weighted by molar-refractivity contribution is -0.0173. The molecule has 13 heavy (non-hydrogen) atoms. The molecule has 74 valence electrons. The lowest BCUT2D eigenvalue weighted by Crippen LogP contribution is -2.18. The highest BCUT2D eigenvalue weighted by Gasteiger charge is 2.25. The smallest absolute Gasteiger partial charge is 0.113 e. The molecule has 0 saturated carbocycles. The molecule has 0 aromatic rings. The second kappa shape index (κ2) is 5.65. The Hall–Kier alpha value is -0.960. The number of hydrogen-bond donors (Lipinski definition) is 0. The van der Waals surface area contributed by atoms with E-state index in [1.807, 2.05) is 0 Å². The molecule has 1 rings (SSSR count). The lowest BCUT2D eigenvalue weighted by atomic mass is 10.2. The van der Waals surface area contributed by atoms with Gasteiger partial charge in [0.05, 0.1) is 24.7 Å². The van der Waals surface area contributed by atoms with Crippen molar-refractivity contribution in [1.29, 1.82) is 0 Å². The van der Waals surface area contributed by atoms with Crippen LogP contribution in [0.5, 0.6) is 0 Å². The third-order valence-electron chi connectivity index (χ3n) is 2.00. The van der Waals surface area contributed by atoms with Crippen molar-refractivity contribution in [1.82, 2.24) is 0 Å². The van der Waals surface area contributed by atoms with Crippen molar-refractivity contribution >= 4 is 0 Å². The van der Waals surface area contributed by atoms with Crippen LogP contribution in [0, 0.1) is 0 Å². The van der Waals surface area contributed by atoms with E-state index in [1.165, 1.54) is 12.5 Å². The highest BCUT2D eigenvalue weighted by atomic mass is 16.6. The summed E-state index contributed by atoms with van der Waals surface area (Å²) in [4.78, 5) is 0. The molecule has 0 bridgehead atoms. The molecule has 3 heteroatoms. The minimum atomic E-state index is 0.191. The number of hydrogen-bond acceptors (Lipinski definition) is 3. The molecular formula is C10H16O3. The Morgan fingerprint density at radius 2 is 1.54 bits per heavy atom. The van der Waals surface area contributed by atoms with Gasteiger partial charge >= 0.3 is 0 Å². The molecule has 0 aromatic heterocycles. The molecule has 0 amide bonds. The van der Waals surface area contributed by atoms with Crippen molar-refractivity contribution in [3.05, 3.63) is 25.7 Å². The molecule has 3 nitrogen and oxygen atoms in total. The van der Waals surface area contributed by atoms with Gasteiger partial charge in [-0.25, -0.2) is 0 Å². The summed E-state index contributed by atoms with van der Waals surface area (Å²) in [5.41, 5.74) is 0. The van der Waals surface area contributed by atoms with E-state index in [0.29, 0.717) is 13.2 Å². The molecular weight excluding hydrogens is 168 g/mol. The number of ether oxygens (including phenoxy) is 3. The topological polar surface area (TPSA) is 27.7 Å². The van der Waals surface area contributed by atoms with Gasteiger partial charge in [0.25, 0.3) is 0 Å². The fraction of sp³-hybridized carbons (Fsp3) is 0.600. The van der Waals surface area contributed by atoms with E-state index >= 15 is 0 Å². The van der Waals surface area contributed by atoms with E-state index in [0.717, 1.165) is 12.8 Å². The quantitative estimate of drug-likeness (QED) is 0.590. The monoisotopic (exact) mass is 184 g/mol. The molecule has 0 N–H and O–H groups in total. The molecule has 1 aliphatic heterocycles. The van der Waals surface area contributed by atoms with Crippen molar-refractivity contribution < 1.29 is 14.2 Å². The summed E-state index contributed by atoms with van der Waals surface area (Å²) in [7, 11) is 0. The maximum atomic E-state index is 5.62. The third kappa shape index (κ3) is 3.51. The van der Waals surface area contributed by atoms with Gasteiger partial charge in [0, 0.05) is 0 Å². The maximum absolute atomic E-state index is 5.62. The van der Waals surface area contributed by atoms with Crippen molar-refractivity contribution in [3.63, 3.8) is 0 Å². The van der Waals surface area contributed by atoms with E-state index in [1.54, 1.807) is 0 Å². The summed E-state index contributed by atoms with van der Waals surface area (Å²) in [6.45, 7) is 8.13. The zero-order chi connectivity index (χ0) is 9.52. The first-order valence-electron chi connectivity index (χ1n) is 4.47. The molecule has 1 aliphatic rings. The Labute approximate surface area is 79.0 Å². The molecule has 0 radical (unpaired) electrons.